The molecule has 1 atom stereocenters. The van der Waals surface area contributed by atoms with Gasteiger partial charge in [0.15, 0.2) is 0 Å². The zero-order chi connectivity index (χ0) is 24.9. The number of benzene rings is 3. The summed E-state index contributed by atoms with van der Waals surface area (Å²) < 4.78 is 19.1. The van der Waals surface area contributed by atoms with Crippen molar-refractivity contribution in [3.05, 3.63) is 89.7 Å². The fraction of sp³-hybridized carbons (Fsp3) is 0.259. The molecule has 1 saturated heterocycles. The maximum absolute atomic E-state index is 13.3. The molecule has 3 aromatic carbocycles. The Morgan fingerprint density at radius 1 is 1.03 bits per heavy atom. The van der Waals surface area contributed by atoms with Gasteiger partial charge in [-0.1, -0.05) is 24.3 Å². The monoisotopic (exact) mass is 477 g/mol. The molecule has 0 aliphatic carbocycles. The predicted octanol–water partition coefficient (Wildman–Crippen LogP) is 5.08. The topological polar surface area (TPSA) is 73.3 Å². The number of carbonyl (C=O) groups excluding carboxylic acids is 1. The number of ether oxygens (including phenoxy) is 1. The van der Waals surface area contributed by atoms with Crippen LogP contribution in [-0.4, -0.2) is 59.6 Å². The van der Waals surface area contributed by atoms with E-state index in [9.17, 15) is 19.1 Å². The van der Waals surface area contributed by atoms with Crippen molar-refractivity contribution in [1.29, 1.82) is 0 Å². The minimum absolute atomic E-state index is 0.0542. The van der Waals surface area contributed by atoms with Crippen LogP contribution in [0.25, 0.3) is 0 Å². The minimum atomic E-state index is -0.876. The van der Waals surface area contributed by atoms with Crippen LogP contribution < -0.4 is 9.64 Å². The first kappa shape index (κ1) is 24.2. The van der Waals surface area contributed by atoms with Crippen molar-refractivity contribution < 1.29 is 23.8 Å². The number of amides is 2. The second kappa shape index (κ2) is 10.6. The molecule has 1 heterocycles. The molecule has 182 valence electrons. The van der Waals surface area contributed by atoms with Gasteiger partial charge in [0, 0.05) is 45.0 Å². The highest BCUT2D eigenvalue weighted by molar-refractivity contribution is 6.07. The van der Waals surface area contributed by atoms with Crippen LogP contribution in [-0.2, 0) is 6.54 Å². The number of rotatable bonds is 6. The number of anilines is 1. The number of hydrogen-bond donors (Lipinski definition) is 1. The molecular weight excluding hydrogens is 449 g/mol. The van der Waals surface area contributed by atoms with E-state index in [2.05, 4.69) is 4.90 Å². The maximum Gasteiger partial charge on any atom is 0.407 e. The normalized spacial score (nSPS) is 16.1. The molecule has 7 nitrogen and oxygen atoms in total. The summed E-state index contributed by atoms with van der Waals surface area (Å²) in [4.78, 5) is 29.8. The molecule has 3 aromatic rings. The first-order valence-electron chi connectivity index (χ1n) is 11.4. The van der Waals surface area contributed by atoms with Crippen molar-refractivity contribution in [1.82, 2.24) is 9.80 Å². The van der Waals surface area contributed by atoms with E-state index in [0.29, 0.717) is 43.2 Å². The van der Waals surface area contributed by atoms with Gasteiger partial charge in [0.2, 0.25) is 0 Å². The minimum Gasteiger partial charge on any atom is -0.465 e. The van der Waals surface area contributed by atoms with E-state index in [4.69, 9.17) is 4.74 Å². The Hall–Kier alpha value is -3.91. The highest BCUT2D eigenvalue weighted by Crippen LogP contribution is 2.28. The van der Waals surface area contributed by atoms with E-state index >= 15 is 0 Å². The lowest BCUT2D eigenvalue weighted by Crippen LogP contribution is -2.53. The van der Waals surface area contributed by atoms with Gasteiger partial charge in [-0.15, -0.1) is 0 Å². The lowest BCUT2D eigenvalue weighted by atomic mass is 10.1. The molecule has 8 heteroatoms. The lowest BCUT2D eigenvalue weighted by Gasteiger charge is -2.38. The predicted molar refractivity (Wildman–Crippen MR) is 132 cm³/mol. The molecule has 0 unspecified atom stereocenters. The zero-order valence-corrected chi connectivity index (χ0v) is 19.7. The number of piperazine rings is 1. The molecule has 4 rings (SSSR count). The second-order valence-corrected chi connectivity index (χ2v) is 8.64. The third-order valence-corrected chi connectivity index (χ3v) is 6.15. The van der Waals surface area contributed by atoms with Crippen LogP contribution in [0.5, 0.6) is 11.5 Å². The molecule has 1 aliphatic heterocycles. The summed E-state index contributed by atoms with van der Waals surface area (Å²) in [5.41, 5.74) is 2.22. The van der Waals surface area contributed by atoms with Gasteiger partial charge in [-0.3, -0.25) is 9.69 Å². The molecule has 1 fully saturated rings. The summed E-state index contributed by atoms with van der Waals surface area (Å²) >= 11 is 0. The number of carbonyl (C=O) groups is 2. The maximum atomic E-state index is 13.3. The standard InChI is InChI=1S/C27H28FN3O4/c1-19-17-30(15-16-31(19)27(33)34)18-20-7-11-22(12-8-20)29(2)26(32)24-5-3-4-6-25(24)35-23-13-9-21(28)10-14-23/h3-14,19H,15-18H2,1-2H3,(H,33,34)/t19-/m0/s1. The lowest BCUT2D eigenvalue weighted by molar-refractivity contribution is 0.0711. The molecule has 2 amide bonds. The molecule has 0 radical (unpaired) electrons. The van der Waals surface area contributed by atoms with Crippen LogP contribution in [0, 0.1) is 5.82 Å². The number of carboxylic acid groups (broad SMARTS) is 1. The Labute approximate surface area is 204 Å². The molecule has 1 N–H and O–H groups in total. The Kier molecular flexibility index (Phi) is 7.31. The number of para-hydroxylation sites is 1. The Morgan fingerprint density at radius 2 is 1.71 bits per heavy atom. The first-order chi connectivity index (χ1) is 16.8. The summed E-state index contributed by atoms with van der Waals surface area (Å²) in [6.07, 6.45) is -0.876. The first-order valence-corrected chi connectivity index (χ1v) is 11.4. The largest absolute Gasteiger partial charge is 0.465 e. The van der Waals surface area contributed by atoms with Gasteiger partial charge in [0.25, 0.3) is 5.91 Å². The van der Waals surface area contributed by atoms with Crippen molar-refractivity contribution in [3.8, 4) is 11.5 Å². The number of hydrogen-bond acceptors (Lipinski definition) is 4. The molecule has 0 aromatic heterocycles. The average Bonchev–Trinajstić information content (AvgIpc) is 2.85. The van der Waals surface area contributed by atoms with E-state index in [1.54, 1.807) is 36.2 Å². The Morgan fingerprint density at radius 3 is 2.37 bits per heavy atom. The molecule has 0 spiro atoms. The number of nitrogens with zero attached hydrogens (tertiary/aromatic N) is 3. The summed E-state index contributed by atoms with van der Waals surface area (Å²) in [6.45, 7) is 4.48. The van der Waals surface area contributed by atoms with Gasteiger partial charge >= 0.3 is 6.09 Å². The highest BCUT2D eigenvalue weighted by atomic mass is 19.1. The van der Waals surface area contributed by atoms with Crippen molar-refractivity contribution in [2.24, 2.45) is 0 Å². The van der Waals surface area contributed by atoms with E-state index in [-0.39, 0.29) is 17.8 Å². The van der Waals surface area contributed by atoms with Gasteiger partial charge in [-0.25, -0.2) is 9.18 Å². The van der Waals surface area contributed by atoms with Gasteiger partial charge in [-0.2, -0.15) is 0 Å². The van der Waals surface area contributed by atoms with Gasteiger partial charge in [-0.05, 0) is 61.0 Å². The van der Waals surface area contributed by atoms with Crippen LogP contribution in [0.15, 0.2) is 72.8 Å². The average molecular weight is 478 g/mol. The number of halogens is 1. The van der Waals surface area contributed by atoms with Crippen LogP contribution in [0.4, 0.5) is 14.9 Å². The van der Waals surface area contributed by atoms with E-state index in [0.717, 1.165) is 11.3 Å². The van der Waals surface area contributed by atoms with Crippen molar-refractivity contribution >= 4 is 17.7 Å². The summed E-state index contributed by atoms with van der Waals surface area (Å²) in [5, 5.41) is 9.25. The fourth-order valence-corrected chi connectivity index (χ4v) is 4.20. The molecule has 35 heavy (non-hydrogen) atoms. The third kappa shape index (κ3) is 5.78. The molecule has 1 aliphatic rings. The van der Waals surface area contributed by atoms with Gasteiger partial charge in [0.05, 0.1) is 5.56 Å². The Bertz CT molecular complexity index is 1180. The third-order valence-electron chi connectivity index (χ3n) is 6.15. The second-order valence-electron chi connectivity index (χ2n) is 8.64. The molecular formula is C27H28FN3O4. The molecule has 0 saturated carbocycles. The van der Waals surface area contributed by atoms with Crippen LogP contribution in [0.1, 0.15) is 22.8 Å². The van der Waals surface area contributed by atoms with E-state index < -0.39 is 6.09 Å². The van der Waals surface area contributed by atoms with Crippen LogP contribution in [0.2, 0.25) is 0 Å². The van der Waals surface area contributed by atoms with Crippen molar-refractivity contribution in [2.45, 2.75) is 19.5 Å². The van der Waals surface area contributed by atoms with Crippen LogP contribution >= 0.6 is 0 Å². The van der Waals surface area contributed by atoms with E-state index in [1.807, 2.05) is 31.2 Å². The van der Waals surface area contributed by atoms with Gasteiger partial charge < -0.3 is 19.6 Å². The summed E-state index contributed by atoms with van der Waals surface area (Å²) in [7, 11) is 1.71. The quantitative estimate of drug-likeness (QED) is 0.536. The van der Waals surface area contributed by atoms with Crippen molar-refractivity contribution in [3.63, 3.8) is 0 Å². The fourth-order valence-electron chi connectivity index (χ4n) is 4.20. The summed E-state index contributed by atoms with van der Waals surface area (Å²) in [6, 6.07) is 20.3. The van der Waals surface area contributed by atoms with Gasteiger partial charge in [0.1, 0.15) is 17.3 Å². The molecule has 0 bridgehead atoms. The Balaban J connectivity index is 1.42. The SMILES string of the molecule is C[C@H]1CN(Cc2ccc(N(C)C(=O)c3ccccc3Oc3ccc(F)cc3)cc2)CCN1C(=O)O. The van der Waals surface area contributed by atoms with Crippen LogP contribution in [0.3, 0.4) is 0 Å². The smallest absolute Gasteiger partial charge is 0.407 e. The van der Waals surface area contributed by atoms with E-state index in [1.165, 1.54) is 29.2 Å². The zero-order valence-electron chi connectivity index (χ0n) is 19.7. The summed E-state index contributed by atoms with van der Waals surface area (Å²) in [5.74, 6) is 0.246. The highest BCUT2D eigenvalue weighted by Gasteiger charge is 2.27. The van der Waals surface area contributed by atoms with Crippen molar-refractivity contribution in [2.75, 3.05) is 31.6 Å².